The van der Waals surface area contributed by atoms with Gasteiger partial charge in [-0.2, -0.15) is 0 Å². The van der Waals surface area contributed by atoms with Crippen molar-refractivity contribution < 1.29 is 8.42 Å². The Bertz CT molecular complexity index is 569. The largest absolute Gasteiger partial charge is 0.378 e. The van der Waals surface area contributed by atoms with Crippen LogP contribution < -0.4 is 14.9 Å². The van der Waals surface area contributed by atoms with Gasteiger partial charge >= 0.3 is 0 Å². The van der Waals surface area contributed by atoms with E-state index >= 15 is 0 Å². The minimum absolute atomic E-state index is 0.237. The lowest BCUT2D eigenvalue weighted by Gasteiger charge is -2.16. The Balaban J connectivity index is 2.17. The van der Waals surface area contributed by atoms with Crippen LogP contribution in [-0.2, 0) is 10.0 Å². The first-order valence-electron chi connectivity index (χ1n) is 6.60. The average molecular weight is 362 g/mol. The summed E-state index contributed by atoms with van der Waals surface area (Å²) in [6.07, 6.45) is 2.12. The van der Waals surface area contributed by atoms with Gasteiger partial charge in [-0.05, 0) is 53.5 Å². The van der Waals surface area contributed by atoms with Crippen LogP contribution in [0.2, 0.25) is 0 Å². The lowest BCUT2D eigenvalue weighted by Crippen LogP contribution is -2.37. The first kappa shape index (κ1) is 15.8. The quantitative estimate of drug-likeness (QED) is 0.834. The molecule has 0 bridgehead atoms. The zero-order chi connectivity index (χ0) is 14.8. The van der Waals surface area contributed by atoms with Gasteiger partial charge in [0.1, 0.15) is 0 Å². The molecule has 2 N–H and O–H groups in total. The second-order valence-electron chi connectivity index (χ2n) is 5.15. The third-order valence-corrected chi connectivity index (χ3v) is 5.82. The third kappa shape index (κ3) is 3.72. The van der Waals surface area contributed by atoms with E-state index in [0.717, 1.165) is 25.1 Å². The molecular formula is C13H20BrN3O2S. The molecule has 7 heteroatoms. The number of nitrogens with one attached hydrogen (secondary N) is 2. The van der Waals surface area contributed by atoms with Crippen LogP contribution in [0.5, 0.6) is 0 Å². The Labute approximate surface area is 128 Å². The summed E-state index contributed by atoms with van der Waals surface area (Å²) < 4.78 is 28.1. The highest BCUT2D eigenvalue weighted by Crippen LogP contribution is 2.26. The highest BCUT2D eigenvalue weighted by Gasteiger charge is 2.21. The van der Waals surface area contributed by atoms with Crippen molar-refractivity contribution in [2.24, 2.45) is 0 Å². The van der Waals surface area contributed by atoms with Gasteiger partial charge in [0.15, 0.2) is 0 Å². The van der Waals surface area contributed by atoms with Crippen LogP contribution in [0.25, 0.3) is 0 Å². The number of halogens is 1. The van der Waals surface area contributed by atoms with Gasteiger partial charge in [0.2, 0.25) is 10.0 Å². The third-order valence-electron chi connectivity index (χ3n) is 3.40. The van der Waals surface area contributed by atoms with Crippen LogP contribution >= 0.6 is 15.9 Å². The molecule has 1 saturated heterocycles. The molecule has 0 aliphatic carbocycles. The molecular weight excluding hydrogens is 342 g/mol. The Morgan fingerprint density at radius 3 is 2.80 bits per heavy atom. The fraction of sp³-hybridized carbons (Fsp3) is 0.538. The van der Waals surface area contributed by atoms with Crippen LogP contribution in [-0.4, -0.2) is 41.6 Å². The maximum Gasteiger partial charge on any atom is 0.241 e. The SMILES string of the molecule is CN(C)c1ccc(Br)c(S(=O)(=O)NCC2CCCN2)c1. The smallest absolute Gasteiger partial charge is 0.241 e. The molecule has 0 amide bonds. The minimum atomic E-state index is -3.50. The molecule has 0 radical (unpaired) electrons. The lowest BCUT2D eigenvalue weighted by atomic mass is 10.2. The molecule has 0 aromatic heterocycles. The molecule has 1 fully saturated rings. The van der Waals surface area contributed by atoms with Crippen LogP contribution in [0.1, 0.15) is 12.8 Å². The Kier molecular flexibility index (Phi) is 5.06. The van der Waals surface area contributed by atoms with E-state index in [1.165, 1.54) is 0 Å². The van der Waals surface area contributed by atoms with Crippen molar-refractivity contribution in [3.05, 3.63) is 22.7 Å². The van der Waals surface area contributed by atoms with Crippen LogP contribution in [0.3, 0.4) is 0 Å². The number of sulfonamides is 1. The molecule has 0 spiro atoms. The van der Waals surface area contributed by atoms with Crippen LogP contribution in [0.4, 0.5) is 5.69 Å². The minimum Gasteiger partial charge on any atom is -0.378 e. The standard InChI is InChI=1S/C13H20BrN3O2S/c1-17(2)11-5-6-12(14)13(8-11)20(18,19)16-9-10-4-3-7-15-10/h5-6,8,10,15-16H,3-4,7,9H2,1-2H3. The van der Waals surface area contributed by atoms with Crippen molar-refractivity contribution in [2.75, 3.05) is 32.1 Å². The maximum absolute atomic E-state index is 12.4. The van der Waals surface area contributed by atoms with Crippen molar-refractivity contribution >= 4 is 31.6 Å². The van der Waals surface area contributed by atoms with Crippen molar-refractivity contribution in [2.45, 2.75) is 23.8 Å². The number of hydrogen-bond acceptors (Lipinski definition) is 4. The molecule has 0 saturated carbocycles. The normalized spacial score (nSPS) is 19.2. The molecule has 1 aliphatic heterocycles. The molecule has 1 unspecified atom stereocenters. The van der Waals surface area contributed by atoms with E-state index in [0.29, 0.717) is 11.0 Å². The number of rotatable bonds is 5. The fourth-order valence-corrected chi connectivity index (χ4v) is 4.26. The molecule has 1 aromatic carbocycles. The average Bonchev–Trinajstić information content (AvgIpc) is 2.89. The summed E-state index contributed by atoms with van der Waals surface area (Å²) in [6.45, 7) is 1.40. The predicted molar refractivity (Wildman–Crippen MR) is 84.7 cm³/mol. The fourth-order valence-electron chi connectivity index (χ4n) is 2.20. The summed E-state index contributed by atoms with van der Waals surface area (Å²) in [5.41, 5.74) is 0.854. The number of benzene rings is 1. The Hall–Kier alpha value is -0.630. The monoisotopic (exact) mass is 361 g/mol. The number of hydrogen-bond donors (Lipinski definition) is 2. The van der Waals surface area contributed by atoms with E-state index in [1.54, 1.807) is 12.1 Å². The van der Waals surface area contributed by atoms with Gasteiger partial charge in [0, 0.05) is 36.8 Å². The van der Waals surface area contributed by atoms with Gasteiger partial charge in [-0.25, -0.2) is 13.1 Å². The van der Waals surface area contributed by atoms with E-state index in [2.05, 4.69) is 26.0 Å². The van der Waals surface area contributed by atoms with E-state index in [1.807, 2.05) is 25.1 Å². The van der Waals surface area contributed by atoms with Gasteiger partial charge < -0.3 is 10.2 Å². The number of nitrogens with zero attached hydrogens (tertiary/aromatic N) is 1. The molecule has 1 atom stereocenters. The molecule has 20 heavy (non-hydrogen) atoms. The topological polar surface area (TPSA) is 61.4 Å². The summed E-state index contributed by atoms with van der Waals surface area (Å²) in [5, 5.41) is 3.28. The van der Waals surface area contributed by atoms with Gasteiger partial charge in [0.05, 0.1) is 4.90 Å². The summed E-state index contributed by atoms with van der Waals surface area (Å²) in [6, 6.07) is 5.55. The van der Waals surface area contributed by atoms with E-state index in [4.69, 9.17) is 0 Å². The van der Waals surface area contributed by atoms with Crippen molar-refractivity contribution in [1.82, 2.24) is 10.0 Å². The van der Waals surface area contributed by atoms with Crippen LogP contribution in [0, 0.1) is 0 Å². The first-order chi connectivity index (χ1) is 9.40. The molecule has 1 aromatic rings. The second-order valence-corrected chi connectivity index (χ2v) is 7.74. The van der Waals surface area contributed by atoms with E-state index in [9.17, 15) is 8.42 Å². The molecule has 5 nitrogen and oxygen atoms in total. The Morgan fingerprint density at radius 2 is 2.20 bits per heavy atom. The summed E-state index contributed by atoms with van der Waals surface area (Å²) >= 11 is 3.32. The lowest BCUT2D eigenvalue weighted by molar-refractivity contribution is 0.551. The van der Waals surface area contributed by atoms with E-state index < -0.39 is 10.0 Å². The van der Waals surface area contributed by atoms with E-state index in [-0.39, 0.29) is 10.9 Å². The van der Waals surface area contributed by atoms with Crippen LogP contribution in [0.15, 0.2) is 27.6 Å². The predicted octanol–water partition coefficient (Wildman–Crippen LogP) is 1.55. The number of anilines is 1. The van der Waals surface area contributed by atoms with Crippen molar-refractivity contribution in [3.8, 4) is 0 Å². The van der Waals surface area contributed by atoms with Gasteiger partial charge in [-0.1, -0.05) is 0 Å². The van der Waals surface area contributed by atoms with Gasteiger partial charge in [-0.3, -0.25) is 0 Å². The highest BCUT2D eigenvalue weighted by atomic mass is 79.9. The van der Waals surface area contributed by atoms with Crippen molar-refractivity contribution in [1.29, 1.82) is 0 Å². The zero-order valence-electron chi connectivity index (χ0n) is 11.7. The summed E-state index contributed by atoms with van der Waals surface area (Å²) in [4.78, 5) is 2.16. The zero-order valence-corrected chi connectivity index (χ0v) is 14.1. The Morgan fingerprint density at radius 1 is 1.45 bits per heavy atom. The van der Waals surface area contributed by atoms with Crippen molar-refractivity contribution in [3.63, 3.8) is 0 Å². The maximum atomic E-state index is 12.4. The first-order valence-corrected chi connectivity index (χ1v) is 8.88. The molecule has 1 aliphatic rings. The van der Waals surface area contributed by atoms with Gasteiger partial charge in [-0.15, -0.1) is 0 Å². The second kappa shape index (κ2) is 6.43. The summed E-state index contributed by atoms with van der Waals surface area (Å²) in [5.74, 6) is 0. The molecule has 1 heterocycles. The van der Waals surface area contributed by atoms with Gasteiger partial charge in [0.25, 0.3) is 0 Å². The summed E-state index contributed by atoms with van der Waals surface area (Å²) in [7, 11) is 0.271. The highest BCUT2D eigenvalue weighted by molar-refractivity contribution is 9.10. The molecule has 112 valence electrons. The molecule has 2 rings (SSSR count).